The number of carbonyl (C=O) groups is 1. The Morgan fingerprint density at radius 2 is 1.86 bits per heavy atom. The Morgan fingerprint density at radius 3 is 2.68 bits per heavy atom. The molecule has 0 atom stereocenters. The van der Waals surface area contributed by atoms with Crippen molar-refractivity contribution in [2.75, 3.05) is 0 Å². The zero-order valence-electron chi connectivity index (χ0n) is 12.0. The van der Waals surface area contributed by atoms with E-state index in [4.69, 9.17) is 16.3 Å². The van der Waals surface area contributed by atoms with Gasteiger partial charge in [-0.15, -0.1) is 0 Å². The van der Waals surface area contributed by atoms with Gasteiger partial charge in [0.2, 0.25) is 0 Å². The van der Waals surface area contributed by atoms with Gasteiger partial charge in [-0.05, 0) is 48.7 Å². The van der Waals surface area contributed by atoms with Crippen molar-refractivity contribution >= 4 is 28.5 Å². The molecule has 0 unspecified atom stereocenters. The minimum Gasteiger partial charge on any atom is -0.427 e. The molecule has 0 bridgehead atoms. The highest BCUT2D eigenvalue weighted by Crippen LogP contribution is 2.20. The molecule has 2 aromatic carbocycles. The van der Waals surface area contributed by atoms with Crippen molar-refractivity contribution in [3.05, 3.63) is 65.3 Å². The number of rotatable bonds is 5. The molecule has 1 aromatic heterocycles. The molecule has 3 aromatic rings. The number of H-pyrrole nitrogens is 1. The van der Waals surface area contributed by atoms with Crippen molar-refractivity contribution in [3.8, 4) is 5.75 Å². The van der Waals surface area contributed by atoms with Gasteiger partial charge in [-0.1, -0.05) is 29.8 Å². The van der Waals surface area contributed by atoms with Crippen molar-refractivity contribution in [2.45, 2.75) is 19.3 Å². The number of carbonyl (C=O) groups excluding carboxylic acids is 1. The van der Waals surface area contributed by atoms with E-state index in [1.807, 2.05) is 24.4 Å². The average Bonchev–Trinajstić information content (AvgIpc) is 2.93. The molecule has 0 radical (unpaired) electrons. The van der Waals surface area contributed by atoms with E-state index in [-0.39, 0.29) is 5.97 Å². The number of halogens is 1. The zero-order chi connectivity index (χ0) is 15.4. The number of para-hydroxylation sites is 1. The maximum absolute atomic E-state index is 11.8. The number of nitrogens with one attached hydrogen (secondary N) is 1. The van der Waals surface area contributed by atoms with Crippen LogP contribution in [0.15, 0.2) is 54.7 Å². The van der Waals surface area contributed by atoms with Crippen LogP contribution in [-0.2, 0) is 11.2 Å². The third-order valence-corrected chi connectivity index (χ3v) is 3.80. The molecule has 0 aliphatic carbocycles. The number of aromatic amines is 1. The van der Waals surface area contributed by atoms with Crippen LogP contribution in [0.25, 0.3) is 10.9 Å². The predicted molar refractivity (Wildman–Crippen MR) is 88.3 cm³/mol. The topological polar surface area (TPSA) is 42.1 Å². The molecule has 1 N–H and O–H groups in total. The summed E-state index contributed by atoms with van der Waals surface area (Å²) in [6, 6.07) is 15.0. The molecular weight excluding hydrogens is 298 g/mol. The van der Waals surface area contributed by atoms with Crippen LogP contribution in [0.3, 0.4) is 0 Å². The van der Waals surface area contributed by atoms with E-state index in [0.717, 1.165) is 18.4 Å². The van der Waals surface area contributed by atoms with E-state index >= 15 is 0 Å². The fraction of sp³-hybridized carbons (Fsp3) is 0.167. The standard InChI is InChI=1S/C18H16ClNO2/c19-14-8-10-15(11-9-14)22-18(21)7-3-4-13-12-20-17-6-2-1-5-16(13)17/h1-2,5-6,8-12,20H,3-4,7H2. The van der Waals surface area contributed by atoms with Gasteiger partial charge in [0.25, 0.3) is 0 Å². The van der Waals surface area contributed by atoms with Crippen molar-refractivity contribution in [3.63, 3.8) is 0 Å². The number of aryl methyl sites for hydroxylation is 1. The Labute approximate surface area is 133 Å². The van der Waals surface area contributed by atoms with Gasteiger partial charge in [0, 0.05) is 28.5 Å². The average molecular weight is 314 g/mol. The van der Waals surface area contributed by atoms with Crippen LogP contribution in [0.1, 0.15) is 18.4 Å². The highest BCUT2D eigenvalue weighted by atomic mass is 35.5. The highest BCUT2D eigenvalue weighted by Gasteiger charge is 2.07. The molecule has 0 saturated heterocycles. The third kappa shape index (κ3) is 3.49. The van der Waals surface area contributed by atoms with E-state index in [9.17, 15) is 4.79 Å². The largest absolute Gasteiger partial charge is 0.427 e. The van der Waals surface area contributed by atoms with Crippen molar-refractivity contribution in [1.29, 1.82) is 0 Å². The fourth-order valence-corrected chi connectivity index (χ4v) is 2.57. The van der Waals surface area contributed by atoms with Crippen LogP contribution in [-0.4, -0.2) is 11.0 Å². The minimum atomic E-state index is -0.220. The van der Waals surface area contributed by atoms with Gasteiger partial charge in [-0.3, -0.25) is 4.79 Å². The first-order chi connectivity index (χ1) is 10.7. The van der Waals surface area contributed by atoms with Gasteiger partial charge < -0.3 is 9.72 Å². The second kappa shape index (κ2) is 6.67. The lowest BCUT2D eigenvalue weighted by atomic mass is 10.1. The summed E-state index contributed by atoms with van der Waals surface area (Å²) in [7, 11) is 0. The Hall–Kier alpha value is -2.26. The molecule has 0 aliphatic heterocycles. The number of ether oxygens (including phenoxy) is 1. The molecular formula is C18H16ClNO2. The molecule has 0 saturated carbocycles. The van der Waals surface area contributed by atoms with Gasteiger partial charge in [-0.2, -0.15) is 0 Å². The number of hydrogen-bond donors (Lipinski definition) is 1. The van der Waals surface area contributed by atoms with Gasteiger partial charge >= 0.3 is 5.97 Å². The number of benzene rings is 2. The monoisotopic (exact) mass is 313 g/mol. The minimum absolute atomic E-state index is 0.220. The first-order valence-corrected chi connectivity index (χ1v) is 7.61. The van der Waals surface area contributed by atoms with Gasteiger partial charge in [0.1, 0.15) is 5.75 Å². The molecule has 1 heterocycles. The third-order valence-electron chi connectivity index (χ3n) is 3.55. The molecule has 3 nitrogen and oxygen atoms in total. The quantitative estimate of drug-likeness (QED) is 0.545. The van der Waals surface area contributed by atoms with Gasteiger partial charge in [0.15, 0.2) is 0 Å². The van der Waals surface area contributed by atoms with Crippen LogP contribution in [0.5, 0.6) is 5.75 Å². The van der Waals surface area contributed by atoms with Crippen LogP contribution < -0.4 is 4.74 Å². The summed E-state index contributed by atoms with van der Waals surface area (Å²) < 4.78 is 5.27. The molecule has 0 amide bonds. The second-order valence-electron chi connectivity index (χ2n) is 5.14. The number of hydrogen-bond acceptors (Lipinski definition) is 2. The summed E-state index contributed by atoms with van der Waals surface area (Å²) in [5.41, 5.74) is 2.36. The number of aromatic nitrogens is 1. The molecule has 22 heavy (non-hydrogen) atoms. The maximum Gasteiger partial charge on any atom is 0.311 e. The lowest BCUT2D eigenvalue weighted by Crippen LogP contribution is -2.07. The Kier molecular flexibility index (Phi) is 4.45. The molecule has 0 fully saturated rings. The first-order valence-electron chi connectivity index (χ1n) is 7.23. The summed E-state index contributed by atoms with van der Waals surface area (Å²) in [5, 5.41) is 1.84. The van der Waals surface area contributed by atoms with Crippen LogP contribution >= 0.6 is 11.6 Å². The summed E-state index contributed by atoms with van der Waals surface area (Å²) >= 11 is 5.79. The fourth-order valence-electron chi connectivity index (χ4n) is 2.45. The van der Waals surface area contributed by atoms with E-state index < -0.39 is 0 Å². The van der Waals surface area contributed by atoms with Crippen LogP contribution in [0, 0.1) is 0 Å². The lowest BCUT2D eigenvalue weighted by molar-refractivity contribution is -0.134. The Morgan fingerprint density at radius 1 is 1.09 bits per heavy atom. The molecule has 3 rings (SSSR count). The summed E-state index contributed by atoms with van der Waals surface area (Å²) in [4.78, 5) is 15.1. The smallest absolute Gasteiger partial charge is 0.311 e. The van der Waals surface area contributed by atoms with E-state index in [0.29, 0.717) is 17.2 Å². The first kappa shape index (κ1) is 14.7. The molecule has 112 valence electrons. The molecule has 4 heteroatoms. The van der Waals surface area contributed by atoms with Crippen molar-refractivity contribution < 1.29 is 9.53 Å². The molecule has 0 aliphatic rings. The summed E-state index contributed by atoms with van der Waals surface area (Å²) in [6.45, 7) is 0. The van der Waals surface area contributed by atoms with Crippen molar-refractivity contribution in [1.82, 2.24) is 4.98 Å². The zero-order valence-corrected chi connectivity index (χ0v) is 12.8. The van der Waals surface area contributed by atoms with E-state index in [1.54, 1.807) is 24.3 Å². The summed E-state index contributed by atoms with van der Waals surface area (Å²) in [6.07, 6.45) is 4.01. The summed E-state index contributed by atoms with van der Waals surface area (Å²) in [5.74, 6) is 0.309. The highest BCUT2D eigenvalue weighted by molar-refractivity contribution is 6.30. The van der Waals surface area contributed by atoms with E-state index in [2.05, 4.69) is 11.1 Å². The SMILES string of the molecule is O=C(CCCc1c[nH]c2ccccc12)Oc1ccc(Cl)cc1. The maximum atomic E-state index is 11.8. The predicted octanol–water partition coefficient (Wildman–Crippen LogP) is 4.75. The van der Waals surface area contributed by atoms with E-state index in [1.165, 1.54) is 10.9 Å². The Bertz CT molecular complexity index is 777. The Balaban J connectivity index is 1.52. The lowest BCUT2D eigenvalue weighted by Gasteiger charge is -2.04. The number of fused-ring (bicyclic) bond motifs is 1. The molecule has 0 spiro atoms. The van der Waals surface area contributed by atoms with Gasteiger partial charge in [0.05, 0.1) is 0 Å². The van der Waals surface area contributed by atoms with Crippen LogP contribution in [0.4, 0.5) is 0 Å². The van der Waals surface area contributed by atoms with Crippen molar-refractivity contribution in [2.24, 2.45) is 0 Å². The normalized spacial score (nSPS) is 10.8. The number of esters is 1. The second-order valence-corrected chi connectivity index (χ2v) is 5.58. The van der Waals surface area contributed by atoms with Gasteiger partial charge in [-0.25, -0.2) is 0 Å². The van der Waals surface area contributed by atoms with Crippen LogP contribution in [0.2, 0.25) is 5.02 Å².